The molecule has 1 amide bonds. The molecule has 0 spiro atoms. The van der Waals surface area contributed by atoms with Gasteiger partial charge >= 0.3 is 0 Å². The first-order chi connectivity index (χ1) is 11.4. The van der Waals surface area contributed by atoms with Gasteiger partial charge in [-0.05, 0) is 24.1 Å². The lowest BCUT2D eigenvalue weighted by Crippen LogP contribution is -2.13. The Balaban J connectivity index is 2.05. The van der Waals surface area contributed by atoms with Crippen molar-refractivity contribution in [2.45, 2.75) is 12.8 Å². The van der Waals surface area contributed by atoms with E-state index in [2.05, 4.69) is 5.32 Å². The maximum atomic E-state index is 12.2. The van der Waals surface area contributed by atoms with Gasteiger partial charge in [-0.25, -0.2) is 0 Å². The number of aryl methyl sites for hydroxylation is 1. The summed E-state index contributed by atoms with van der Waals surface area (Å²) in [5.41, 5.74) is 1.43. The van der Waals surface area contributed by atoms with Gasteiger partial charge in [0.25, 0.3) is 0 Å². The fourth-order valence-corrected chi connectivity index (χ4v) is 2.68. The molecule has 0 aliphatic carbocycles. The Labute approximate surface area is 155 Å². The Morgan fingerprint density at radius 3 is 2.29 bits per heavy atom. The van der Waals surface area contributed by atoms with Gasteiger partial charge in [0.2, 0.25) is 5.91 Å². The molecule has 7 heteroatoms. The largest absolute Gasteiger partial charge is 0.495 e. The fraction of sp³-hybridized carbons (Fsp3) is 0.235. The number of anilines is 1. The number of hydrogen-bond acceptors (Lipinski definition) is 3. The van der Waals surface area contributed by atoms with E-state index in [0.29, 0.717) is 38.7 Å². The number of rotatable bonds is 6. The minimum absolute atomic E-state index is 0.163. The third kappa shape index (κ3) is 4.69. The Kier molecular flexibility index (Phi) is 6.60. The van der Waals surface area contributed by atoms with E-state index < -0.39 is 0 Å². The molecule has 0 aliphatic heterocycles. The molecule has 2 aromatic carbocycles. The quantitative estimate of drug-likeness (QED) is 0.736. The molecule has 24 heavy (non-hydrogen) atoms. The van der Waals surface area contributed by atoms with E-state index in [4.69, 9.17) is 44.3 Å². The summed E-state index contributed by atoms with van der Waals surface area (Å²) >= 11 is 17.9. The summed E-state index contributed by atoms with van der Waals surface area (Å²) < 4.78 is 10.4. The van der Waals surface area contributed by atoms with Gasteiger partial charge in [0.1, 0.15) is 11.5 Å². The molecule has 0 heterocycles. The van der Waals surface area contributed by atoms with Gasteiger partial charge in [0, 0.05) is 18.6 Å². The van der Waals surface area contributed by atoms with E-state index in [9.17, 15) is 4.79 Å². The Hall–Kier alpha value is -1.62. The van der Waals surface area contributed by atoms with Crippen molar-refractivity contribution in [1.82, 2.24) is 0 Å². The number of methoxy groups -OCH3 is 2. The highest BCUT2D eigenvalue weighted by Gasteiger charge is 2.13. The first kappa shape index (κ1) is 18.7. The van der Waals surface area contributed by atoms with Gasteiger partial charge in [-0.3, -0.25) is 4.79 Å². The first-order valence-electron chi connectivity index (χ1n) is 7.10. The molecule has 1 N–H and O–H groups in total. The fourth-order valence-electron chi connectivity index (χ4n) is 2.12. The molecule has 0 bridgehead atoms. The summed E-state index contributed by atoms with van der Waals surface area (Å²) in [5, 5.41) is 4.16. The highest BCUT2D eigenvalue weighted by molar-refractivity contribution is 6.42. The molecule has 0 aromatic heterocycles. The maximum absolute atomic E-state index is 12.2. The zero-order chi connectivity index (χ0) is 17.7. The monoisotopic (exact) mass is 387 g/mol. The molecule has 4 nitrogen and oxygen atoms in total. The van der Waals surface area contributed by atoms with Crippen molar-refractivity contribution in [1.29, 1.82) is 0 Å². The van der Waals surface area contributed by atoms with Crippen LogP contribution in [-0.4, -0.2) is 20.1 Å². The van der Waals surface area contributed by atoms with Crippen molar-refractivity contribution < 1.29 is 14.3 Å². The molecular weight excluding hydrogens is 373 g/mol. The molecule has 0 saturated heterocycles. The molecule has 0 saturated carbocycles. The van der Waals surface area contributed by atoms with E-state index >= 15 is 0 Å². The van der Waals surface area contributed by atoms with Crippen molar-refractivity contribution >= 4 is 46.4 Å². The summed E-state index contributed by atoms with van der Waals surface area (Å²) in [7, 11) is 3.01. The summed E-state index contributed by atoms with van der Waals surface area (Å²) in [4.78, 5) is 12.2. The summed E-state index contributed by atoms with van der Waals surface area (Å²) in [5.74, 6) is 0.754. The van der Waals surface area contributed by atoms with Crippen LogP contribution in [-0.2, 0) is 11.2 Å². The average Bonchev–Trinajstić information content (AvgIpc) is 2.57. The Morgan fingerprint density at radius 2 is 1.67 bits per heavy atom. The van der Waals surface area contributed by atoms with Crippen LogP contribution >= 0.6 is 34.8 Å². The van der Waals surface area contributed by atoms with Crippen molar-refractivity contribution in [2.75, 3.05) is 19.5 Å². The predicted octanol–water partition coefficient (Wildman–Crippen LogP) is 5.24. The minimum atomic E-state index is -0.163. The second kappa shape index (κ2) is 8.47. The highest BCUT2D eigenvalue weighted by atomic mass is 35.5. The predicted molar refractivity (Wildman–Crippen MR) is 98.0 cm³/mol. The SMILES string of the molecule is COc1cc(NC(=O)CCc2ccc(Cl)c(Cl)c2)c(OC)cc1Cl. The van der Waals surface area contributed by atoms with Crippen molar-refractivity contribution in [3.05, 3.63) is 51.0 Å². The molecule has 0 radical (unpaired) electrons. The lowest BCUT2D eigenvalue weighted by molar-refractivity contribution is -0.116. The second-order valence-electron chi connectivity index (χ2n) is 4.98. The van der Waals surface area contributed by atoms with E-state index in [1.54, 1.807) is 24.3 Å². The number of amides is 1. The van der Waals surface area contributed by atoms with Crippen LogP contribution in [0.4, 0.5) is 5.69 Å². The molecule has 0 atom stereocenters. The summed E-state index contributed by atoms with van der Waals surface area (Å²) in [6, 6.07) is 8.52. The molecule has 128 valence electrons. The standard InChI is InChI=1S/C17H16Cl3NO3/c1-23-15-9-14(16(24-2)8-13(15)20)21-17(22)6-4-10-3-5-11(18)12(19)7-10/h3,5,7-9H,4,6H2,1-2H3,(H,21,22). The first-order valence-corrected chi connectivity index (χ1v) is 8.23. The van der Waals surface area contributed by atoms with Crippen LogP contribution in [0.3, 0.4) is 0 Å². The number of carbonyl (C=O) groups is 1. The summed E-state index contributed by atoms with van der Waals surface area (Å²) in [6.45, 7) is 0. The number of benzene rings is 2. The zero-order valence-electron chi connectivity index (χ0n) is 13.2. The van der Waals surface area contributed by atoms with E-state index in [1.165, 1.54) is 14.2 Å². The molecule has 0 fully saturated rings. The normalized spacial score (nSPS) is 10.4. The molecular formula is C17H16Cl3NO3. The molecule has 2 rings (SSSR count). The number of carbonyl (C=O) groups excluding carboxylic acids is 1. The van der Waals surface area contributed by atoms with E-state index in [1.807, 2.05) is 6.07 Å². The maximum Gasteiger partial charge on any atom is 0.224 e. The van der Waals surface area contributed by atoms with Crippen LogP contribution in [0.15, 0.2) is 30.3 Å². The van der Waals surface area contributed by atoms with Crippen LogP contribution in [0.5, 0.6) is 11.5 Å². The lowest BCUT2D eigenvalue weighted by Gasteiger charge is -2.13. The van der Waals surface area contributed by atoms with Gasteiger partial charge < -0.3 is 14.8 Å². The molecule has 2 aromatic rings. The number of ether oxygens (including phenoxy) is 2. The number of halogens is 3. The third-order valence-electron chi connectivity index (χ3n) is 3.37. The molecule has 0 aliphatic rings. The van der Waals surface area contributed by atoms with Gasteiger partial charge in [0.15, 0.2) is 0 Å². The Bertz CT molecular complexity index is 750. The van der Waals surface area contributed by atoms with Gasteiger partial charge in [-0.2, -0.15) is 0 Å². The van der Waals surface area contributed by atoms with Gasteiger partial charge in [-0.1, -0.05) is 40.9 Å². The minimum Gasteiger partial charge on any atom is -0.495 e. The van der Waals surface area contributed by atoms with Crippen LogP contribution in [0.25, 0.3) is 0 Å². The number of nitrogens with one attached hydrogen (secondary N) is 1. The zero-order valence-corrected chi connectivity index (χ0v) is 15.4. The van der Waals surface area contributed by atoms with Gasteiger partial charge in [0.05, 0.1) is 35.0 Å². The van der Waals surface area contributed by atoms with Crippen LogP contribution in [0, 0.1) is 0 Å². The topological polar surface area (TPSA) is 47.6 Å². The van der Waals surface area contributed by atoms with Gasteiger partial charge in [-0.15, -0.1) is 0 Å². The van der Waals surface area contributed by atoms with Crippen molar-refractivity contribution in [3.8, 4) is 11.5 Å². The van der Waals surface area contributed by atoms with Crippen molar-refractivity contribution in [3.63, 3.8) is 0 Å². The smallest absolute Gasteiger partial charge is 0.224 e. The highest BCUT2D eigenvalue weighted by Crippen LogP contribution is 2.36. The van der Waals surface area contributed by atoms with Crippen LogP contribution in [0.1, 0.15) is 12.0 Å². The van der Waals surface area contributed by atoms with E-state index in [-0.39, 0.29) is 12.3 Å². The number of hydrogen-bond donors (Lipinski definition) is 1. The third-order valence-corrected chi connectivity index (χ3v) is 4.41. The second-order valence-corrected chi connectivity index (χ2v) is 6.21. The lowest BCUT2D eigenvalue weighted by atomic mass is 10.1. The van der Waals surface area contributed by atoms with E-state index in [0.717, 1.165) is 5.56 Å². The average molecular weight is 389 g/mol. The van der Waals surface area contributed by atoms with Crippen LogP contribution in [0.2, 0.25) is 15.1 Å². The molecule has 0 unspecified atom stereocenters. The summed E-state index contributed by atoms with van der Waals surface area (Å²) in [6.07, 6.45) is 0.821. The van der Waals surface area contributed by atoms with Crippen molar-refractivity contribution in [2.24, 2.45) is 0 Å². The Morgan fingerprint density at radius 1 is 0.958 bits per heavy atom. The van der Waals surface area contributed by atoms with Crippen LogP contribution < -0.4 is 14.8 Å².